The molecule has 0 saturated carbocycles. The van der Waals surface area contributed by atoms with Crippen molar-refractivity contribution in [3.63, 3.8) is 0 Å². The number of nitrogens with one attached hydrogen (secondary N) is 1. The standard InChI is InChI=1S/C16H24N2O/c1-12(14-5-3-4-6-16(14)19-2)17-15-8-10-18-9-7-13(15)11-18/h3-6,12-13,15,17H,7-11H2,1-2H3/t12-,13?,15?/m0/s1. The molecule has 2 bridgehead atoms. The summed E-state index contributed by atoms with van der Waals surface area (Å²) in [5, 5.41) is 3.83. The van der Waals surface area contributed by atoms with Gasteiger partial charge in [0, 0.05) is 24.2 Å². The first-order chi connectivity index (χ1) is 9.28. The SMILES string of the molecule is COc1ccccc1[C@H](C)NC1CCN2CCC1C2. The van der Waals surface area contributed by atoms with Crippen LogP contribution in [0.15, 0.2) is 24.3 Å². The molecule has 3 heteroatoms. The Morgan fingerprint density at radius 1 is 1.26 bits per heavy atom. The summed E-state index contributed by atoms with van der Waals surface area (Å²) in [4.78, 5) is 2.59. The van der Waals surface area contributed by atoms with Gasteiger partial charge in [-0.05, 0) is 44.8 Å². The summed E-state index contributed by atoms with van der Waals surface area (Å²) in [6.45, 7) is 6.09. The number of rotatable bonds is 4. The molecule has 3 rings (SSSR count). The topological polar surface area (TPSA) is 24.5 Å². The number of methoxy groups -OCH3 is 1. The van der Waals surface area contributed by atoms with Crippen molar-refractivity contribution in [3.8, 4) is 5.75 Å². The molecule has 0 aromatic heterocycles. The predicted molar refractivity (Wildman–Crippen MR) is 77.5 cm³/mol. The molecule has 1 aromatic carbocycles. The molecule has 0 radical (unpaired) electrons. The monoisotopic (exact) mass is 260 g/mol. The fraction of sp³-hybridized carbons (Fsp3) is 0.625. The van der Waals surface area contributed by atoms with E-state index in [0.29, 0.717) is 12.1 Å². The van der Waals surface area contributed by atoms with Crippen molar-refractivity contribution >= 4 is 0 Å². The fourth-order valence-corrected chi connectivity index (χ4v) is 3.61. The van der Waals surface area contributed by atoms with Crippen LogP contribution in [0.2, 0.25) is 0 Å². The third-order valence-corrected chi connectivity index (χ3v) is 4.70. The summed E-state index contributed by atoms with van der Waals surface area (Å²) in [7, 11) is 1.75. The number of para-hydroxylation sites is 1. The van der Waals surface area contributed by atoms with E-state index in [-0.39, 0.29) is 0 Å². The minimum absolute atomic E-state index is 0.355. The van der Waals surface area contributed by atoms with Crippen molar-refractivity contribution in [1.82, 2.24) is 10.2 Å². The molecule has 3 unspecified atom stereocenters. The van der Waals surface area contributed by atoms with E-state index >= 15 is 0 Å². The Hall–Kier alpha value is -1.06. The normalized spacial score (nSPS) is 31.2. The smallest absolute Gasteiger partial charge is 0.123 e. The van der Waals surface area contributed by atoms with Crippen LogP contribution in [0.25, 0.3) is 0 Å². The van der Waals surface area contributed by atoms with Gasteiger partial charge in [-0.2, -0.15) is 0 Å². The lowest BCUT2D eigenvalue weighted by atomic mass is 9.92. The van der Waals surface area contributed by atoms with E-state index in [2.05, 4.69) is 29.3 Å². The van der Waals surface area contributed by atoms with Crippen LogP contribution in [0, 0.1) is 5.92 Å². The summed E-state index contributed by atoms with van der Waals surface area (Å²) in [5.74, 6) is 1.83. The van der Waals surface area contributed by atoms with E-state index in [1.54, 1.807) is 7.11 Å². The Morgan fingerprint density at radius 3 is 2.89 bits per heavy atom. The van der Waals surface area contributed by atoms with Gasteiger partial charge < -0.3 is 15.0 Å². The van der Waals surface area contributed by atoms with E-state index in [0.717, 1.165) is 11.7 Å². The summed E-state index contributed by atoms with van der Waals surface area (Å²) in [5.41, 5.74) is 1.27. The minimum Gasteiger partial charge on any atom is -0.496 e. The first-order valence-corrected chi connectivity index (χ1v) is 7.39. The molecular weight excluding hydrogens is 236 g/mol. The molecule has 0 spiro atoms. The minimum atomic E-state index is 0.355. The zero-order chi connectivity index (χ0) is 13.2. The number of nitrogens with zero attached hydrogens (tertiary/aromatic N) is 1. The van der Waals surface area contributed by atoms with Gasteiger partial charge in [0.05, 0.1) is 7.11 Å². The zero-order valence-corrected chi connectivity index (χ0v) is 11.9. The van der Waals surface area contributed by atoms with Gasteiger partial charge >= 0.3 is 0 Å². The first-order valence-electron chi connectivity index (χ1n) is 7.39. The second-order valence-electron chi connectivity index (χ2n) is 5.87. The molecule has 1 N–H and O–H groups in total. The van der Waals surface area contributed by atoms with E-state index < -0.39 is 0 Å². The van der Waals surface area contributed by atoms with Crippen LogP contribution in [-0.4, -0.2) is 37.7 Å². The Morgan fingerprint density at radius 2 is 2.05 bits per heavy atom. The zero-order valence-electron chi connectivity index (χ0n) is 11.9. The molecule has 1 aromatic rings. The second-order valence-corrected chi connectivity index (χ2v) is 5.87. The molecule has 3 nitrogen and oxygen atoms in total. The third-order valence-electron chi connectivity index (χ3n) is 4.70. The Bertz CT molecular complexity index is 435. The maximum atomic E-state index is 5.47. The van der Waals surface area contributed by atoms with E-state index in [4.69, 9.17) is 4.74 Å². The van der Waals surface area contributed by atoms with Gasteiger partial charge in [-0.1, -0.05) is 18.2 Å². The number of benzene rings is 1. The average molecular weight is 260 g/mol. The molecule has 2 heterocycles. The van der Waals surface area contributed by atoms with Gasteiger partial charge in [-0.25, -0.2) is 0 Å². The molecule has 2 aliphatic rings. The summed E-state index contributed by atoms with van der Waals surface area (Å²) in [6.07, 6.45) is 2.64. The number of hydrogen-bond donors (Lipinski definition) is 1. The highest BCUT2D eigenvalue weighted by atomic mass is 16.5. The van der Waals surface area contributed by atoms with Crippen molar-refractivity contribution in [1.29, 1.82) is 0 Å². The van der Waals surface area contributed by atoms with Crippen LogP contribution in [0.5, 0.6) is 5.75 Å². The predicted octanol–water partition coefficient (Wildman–Crippen LogP) is 2.44. The second kappa shape index (κ2) is 5.51. The van der Waals surface area contributed by atoms with Crippen LogP contribution in [0.4, 0.5) is 0 Å². The highest BCUT2D eigenvalue weighted by molar-refractivity contribution is 5.35. The van der Waals surface area contributed by atoms with Crippen LogP contribution >= 0.6 is 0 Å². The number of ether oxygens (including phenoxy) is 1. The molecule has 0 amide bonds. The Labute approximate surface area is 115 Å². The highest BCUT2D eigenvalue weighted by Crippen LogP contribution is 2.30. The van der Waals surface area contributed by atoms with Crippen molar-refractivity contribution in [2.45, 2.75) is 31.8 Å². The van der Waals surface area contributed by atoms with Gasteiger partial charge in [-0.15, -0.1) is 0 Å². The van der Waals surface area contributed by atoms with Crippen LogP contribution < -0.4 is 10.1 Å². The molecule has 2 aliphatic heterocycles. The maximum absolute atomic E-state index is 5.47. The molecule has 19 heavy (non-hydrogen) atoms. The van der Waals surface area contributed by atoms with Crippen molar-refractivity contribution in [2.24, 2.45) is 5.92 Å². The number of hydrogen-bond acceptors (Lipinski definition) is 3. The lowest BCUT2D eigenvalue weighted by Crippen LogP contribution is -2.44. The van der Waals surface area contributed by atoms with Gasteiger partial charge in [0.15, 0.2) is 0 Å². The lowest BCUT2D eigenvalue weighted by Gasteiger charge is -2.33. The summed E-state index contributed by atoms with van der Waals surface area (Å²) < 4.78 is 5.47. The maximum Gasteiger partial charge on any atom is 0.123 e. The van der Waals surface area contributed by atoms with Crippen LogP contribution in [-0.2, 0) is 0 Å². The van der Waals surface area contributed by atoms with E-state index in [1.807, 2.05) is 12.1 Å². The number of piperidine rings is 1. The molecule has 2 fully saturated rings. The van der Waals surface area contributed by atoms with Gasteiger partial charge in [0.25, 0.3) is 0 Å². The molecule has 2 saturated heterocycles. The average Bonchev–Trinajstić information content (AvgIpc) is 2.84. The van der Waals surface area contributed by atoms with Crippen LogP contribution in [0.1, 0.15) is 31.4 Å². The van der Waals surface area contributed by atoms with Crippen molar-refractivity contribution in [2.75, 3.05) is 26.7 Å². The molecule has 4 atom stereocenters. The largest absolute Gasteiger partial charge is 0.496 e. The highest BCUT2D eigenvalue weighted by Gasteiger charge is 2.34. The summed E-state index contributed by atoms with van der Waals surface area (Å²) in [6, 6.07) is 9.36. The quantitative estimate of drug-likeness (QED) is 0.900. The first kappa shape index (κ1) is 12.9. The van der Waals surface area contributed by atoms with Gasteiger partial charge in [-0.3, -0.25) is 0 Å². The van der Waals surface area contributed by atoms with Crippen molar-refractivity contribution < 1.29 is 4.74 Å². The van der Waals surface area contributed by atoms with E-state index in [1.165, 1.54) is 38.0 Å². The van der Waals surface area contributed by atoms with Gasteiger partial charge in [0.2, 0.25) is 0 Å². The number of fused-ring (bicyclic) bond motifs is 2. The Kier molecular flexibility index (Phi) is 3.76. The molecular formula is C16H24N2O. The fourth-order valence-electron chi connectivity index (χ4n) is 3.61. The molecule has 104 valence electrons. The van der Waals surface area contributed by atoms with Crippen molar-refractivity contribution in [3.05, 3.63) is 29.8 Å². The van der Waals surface area contributed by atoms with E-state index in [9.17, 15) is 0 Å². The van der Waals surface area contributed by atoms with Crippen LogP contribution in [0.3, 0.4) is 0 Å². The summed E-state index contributed by atoms with van der Waals surface area (Å²) >= 11 is 0. The Balaban J connectivity index is 1.69. The third kappa shape index (κ3) is 2.63. The lowest BCUT2D eigenvalue weighted by molar-refractivity contribution is 0.211. The molecule has 0 aliphatic carbocycles. The van der Waals surface area contributed by atoms with Gasteiger partial charge in [0.1, 0.15) is 5.75 Å².